The lowest BCUT2D eigenvalue weighted by Crippen LogP contribution is -2.29. The molecule has 0 bridgehead atoms. The summed E-state index contributed by atoms with van der Waals surface area (Å²) in [6.07, 6.45) is 4.37. The Hall–Kier alpha value is -1.94. The van der Waals surface area contributed by atoms with Crippen molar-refractivity contribution in [1.29, 1.82) is 0 Å². The number of hydrogen-bond acceptors (Lipinski definition) is 4. The van der Waals surface area contributed by atoms with Crippen molar-refractivity contribution >= 4 is 5.95 Å². The van der Waals surface area contributed by atoms with Crippen LogP contribution in [-0.4, -0.2) is 37.2 Å². The maximum absolute atomic E-state index is 4.85. The van der Waals surface area contributed by atoms with Crippen LogP contribution in [0.25, 0.3) is 11.1 Å². The summed E-state index contributed by atoms with van der Waals surface area (Å²) in [5, 5.41) is 3.49. The SMILES string of the molecule is CN(C)c1ncc(-c2ccccc2)c([C@@H]2CCCNC2)n1. The molecule has 1 N–H and O–H groups in total. The van der Waals surface area contributed by atoms with Crippen molar-refractivity contribution in [3.63, 3.8) is 0 Å². The number of aromatic nitrogens is 2. The van der Waals surface area contributed by atoms with Crippen molar-refractivity contribution in [2.75, 3.05) is 32.1 Å². The molecule has 2 aromatic rings. The van der Waals surface area contributed by atoms with Crippen LogP contribution >= 0.6 is 0 Å². The van der Waals surface area contributed by atoms with E-state index < -0.39 is 0 Å². The fraction of sp³-hybridized carbons (Fsp3) is 0.412. The molecule has 4 nitrogen and oxygen atoms in total. The van der Waals surface area contributed by atoms with Crippen LogP contribution in [0.3, 0.4) is 0 Å². The molecule has 0 unspecified atom stereocenters. The molecular formula is C17H22N4. The second-order valence-electron chi connectivity index (χ2n) is 5.77. The van der Waals surface area contributed by atoms with Gasteiger partial charge in [0, 0.05) is 38.3 Å². The molecule has 1 aliphatic heterocycles. The van der Waals surface area contributed by atoms with E-state index in [4.69, 9.17) is 4.98 Å². The average molecular weight is 282 g/mol. The van der Waals surface area contributed by atoms with Crippen molar-refractivity contribution in [1.82, 2.24) is 15.3 Å². The number of hydrogen-bond donors (Lipinski definition) is 1. The first kappa shape index (κ1) is 14.0. The molecule has 110 valence electrons. The quantitative estimate of drug-likeness (QED) is 0.939. The third-order valence-corrected chi connectivity index (χ3v) is 3.97. The van der Waals surface area contributed by atoms with E-state index in [1.807, 2.05) is 31.3 Å². The van der Waals surface area contributed by atoms with Crippen LogP contribution in [0.2, 0.25) is 0 Å². The summed E-state index contributed by atoms with van der Waals surface area (Å²) in [4.78, 5) is 11.3. The molecule has 2 heterocycles. The molecule has 0 saturated carbocycles. The topological polar surface area (TPSA) is 41.1 Å². The van der Waals surface area contributed by atoms with Gasteiger partial charge in [0.15, 0.2) is 0 Å². The fourth-order valence-corrected chi connectivity index (χ4v) is 2.84. The summed E-state index contributed by atoms with van der Waals surface area (Å²) in [6.45, 7) is 2.12. The molecule has 0 spiro atoms. The van der Waals surface area contributed by atoms with Crippen molar-refractivity contribution < 1.29 is 0 Å². The Morgan fingerprint density at radius 2 is 2.00 bits per heavy atom. The highest BCUT2D eigenvalue weighted by atomic mass is 15.2. The molecule has 1 aromatic heterocycles. The first-order valence-corrected chi connectivity index (χ1v) is 7.56. The minimum absolute atomic E-state index is 0.468. The van der Waals surface area contributed by atoms with E-state index in [-0.39, 0.29) is 0 Å². The standard InChI is InChI=1S/C17H22N4/c1-21(2)17-19-12-15(13-7-4-3-5-8-13)16(20-17)14-9-6-10-18-11-14/h3-5,7-8,12,14,18H,6,9-11H2,1-2H3/t14-/m1/s1. The van der Waals surface area contributed by atoms with Gasteiger partial charge in [0.1, 0.15) is 0 Å². The zero-order valence-corrected chi connectivity index (χ0v) is 12.7. The average Bonchev–Trinajstić information content (AvgIpc) is 2.56. The number of rotatable bonds is 3. The van der Waals surface area contributed by atoms with Crippen molar-refractivity contribution in [3.8, 4) is 11.1 Å². The Kier molecular flexibility index (Phi) is 4.15. The molecule has 4 heteroatoms. The number of nitrogens with one attached hydrogen (secondary N) is 1. The molecule has 1 saturated heterocycles. The van der Waals surface area contributed by atoms with E-state index in [1.165, 1.54) is 24.1 Å². The lowest BCUT2D eigenvalue weighted by atomic mass is 9.91. The summed E-state index contributed by atoms with van der Waals surface area (Å²) in [5.74, 6) is 1.26. The molecule has 1 fully saturated rings. The fourth-order valence-electron chi connectivity index (χ4n) is 2.84. The van der Waals surface area contributed by atoms with Gasteiger partial charge in [-0.2, -0.15) is 0 Å². The Labute approximate surface area is 126 Å². The molecule has 1 aliphatic rings. The Morgan fingerprint density at radius 1 is 1.19 bits per heavy atom. The largest absolute Gasteiger partial charge is 0.347 e. The Morgan fingerprint density at radius 3 is 2.67 bits per heavy atom. The normalized spacial score (nSPS) is 18.5. The second-order valence-corrected chi connectivity index (χ2v) is 5.77. The summed E-state index contributed by atoms with van der Waals surface area (Å²) in [7, 11) is 3.97. The van der Waals surface area contributed by atoms with Crippen molar-refractivity contribution in [2.24, 2.45) is 0 Å². The van der Waals surface area contributed by atoms with Gasteiger partial charge < -0.3 is 10.2 Å². The summed E-state index contributed by atoms with van der Waals surface area (Å²) < 4.78 is 0. The first-order valence-electron chi connectivity index (χ1n) is 7.56. The molecule has 21 heavy (non-hydrogen) atoms. The first-order chi connectivity index (χ1) is 10.3. The zero-order valence-electron chi connectivity index (χ0n) is 12.7. The molecule has 1 aromatic carbocycles. The smallest absolute Gasteiger partial charge is 0.225 e. The number of nitrogens with zero attached hydrogens (tertiary/aromatic N) is 3. The lowest BCUT2D eigenvalue weighted by Gasteiger charge is -2.25. The molecular weight excluding hydrogens is 260 g/mol. The molecule has 0 aliphatic carbocycles. The van der Waals surface area contributed by atoms with Gasteiger partial charge in [0.25, 0.3) is 0 Å². The van der Waals surface area contributed by atoms with Gasteiger partial charge in [-0.25, -0.2) is 9.97 Å². The van der Waals surface area contributed by atoms with Gasteiger partial charge in [-0.1, -0.05) is 30.3 Å². The number of anilines is 1. The molecule has 3 rings (SSSR count). The second kappa shape index (κ2) is 6.22. The van der Waals surface area contributed by atoms with Crippen LogP contribution in [0.1, 0.15) is 24.5 Å². The minimum atomic E-state index is 0.468. The van der Waals surface area contributed by atoms with E-state index in [2.05, 4.69) is 34.6 Å². The third kappa shape index (κ3) is 3.05. The highest BCUT2D eigenvalue weighted by molar-refractivity contribution is 5.66. The monoisotopic (exact) mass is 282 g/mol. The van der Waals surface area contributed by atoms with E-state index in [0.29, 0.717) is 5.92 Å². The predicted molar refractivity (Wildman–Crippen MR) is 86.6 cm³/mol. The van der Waals surface area contributed by atoms with Crippen molar-refractivity contribution in [3.05, 3.63) is 42.2 Å². The summed E-state index contributed by atoms with van der Waals surface area (Å²) in [5.41, 5.74) is 3.53. The maximum atomic E-state index is 4.85. The van der Waals surface area contributed by atoms with Gasteiger partial charge in [-0.05, 0) is 24.9 Å². The van der Waals surface area contributed by atoms with E-state index in [9.17, 15) is 0 Å². The van der Waals surface area contributed by atoms with Gasteiger partial charge in [0.05, 0.1) is 5.69 Å². The van der Waals surface area contributed by atoms with Crippen LogP contribution in [0.4, 0.5) is 5.95 Å². The van der Waals surface area contributed by atoms with Crippen LogP contribution in [0.5, 0.6) is 0 Å². The van der Waals surface area contributed by atoms with Crippen LogP contribution in [0.15, 0.2) is 36.5 Å². The Bertz CT molecular complexity index is 589. The highest BCUT2D eigenvalue weighted by Crippen LogP contribution is 2.31. The van der Waals surface area contributed by atoms with Gasteiger partial charge >= 0.3 is 0 Å². The summed E-state index contributed by atoms with van der Waals surface area (Å²) in [6, 6.07) is 10.4. The molecule has 0 radical (unpaired) electrons. The van der Waals surface area contributed by atoms with Gasteiger partial charge in [-0.15, -0.1) is 0 Å². The minimum Gasteiger partial charge on any atom is -0.347 e. The van der Waals surface area contributed by atoms with E-state index >= 15 is 0 Å². The molecule has 1 atom stereocenters. The number of piperidine rings is 1. The van der Waals surface area contributed by atoms with Gasteiger partial charge in [0.2, 0.25) is 5.95 Å². The highest BCUT2D eigenvalue weighted by Gasteiger charge is 2.21. The van der Waals surface area contributed by atoms with Crippen molar-refractivity contribution in [2.45, 2.75) is 18.8 Å². The van der Waals surface area contributed by atoms with Crippen LogP contribution < -0.4 is 10.2 Å². The zero-order chi connectivity index (χ0) is 14.7. The van der Waals surface area contributed by atoms with Gasteiger partial charge in [-0.3, -0.25) is 0 Å². The Balaban J connectivity index is 2.05. The van der Waals surface area contributed by atoms with Crippen LogP contribution in [-0.2, 0) is 0 Å². The lowest BCUT2D eigenvalue weighted by molar-refractivity contribution is 0.455. The third-order valence-electron chi connectivity index (χ3n) is 3.97. The van der Waals surface area contributed by atoms with E-state index in [0.717, 1.165) is 24.6 Å². The summed E-state index contributed by atoms with van der Waals surface area (Å²) >= 11 is 0. The van der Waals surface area contributed by atoms with Crippen LogP contribution in [0, 0.1) is 0 Å². The number of benzene rings is 1. The molecule has 0 amide bonds. The predicted octanol–water partition coefficient (Wildman–Crippen LogP) is 2.68. The van der Waals surface area contributed by atoms with E-state index in [1.54, 1.807) is 0 Å². The maximum Gasteiger partial charge on any atom is 0.225 e.